The van der Waals surface area contributed by atoms with Crippen LogP contribution in [0.1, 0.15) is 19.8 Å². The van der Waals surface area contributed by atoms with Crippen molar-refractivity contribution in [1.82, 2.24) is 10.4 Å². The summed E-state index contributed by atoms with van der Waals surface area (Å²) in [5.74, 6) is 0.582. The van der Waals surface area contributed by atoms with Crippen LogP contribution in [0.4, 0.5) is 0 Å². The lowest BCUT2D eigenvalue weighted by molar-refractivity contribution is 0.232. The maximum atomic E-state index is 8.42. The van der Waals surface area contributed by atoms with Crippen LogP contribution in [0.25, 0.3) is 0 Å². The maximum Gasteiger partial charge on any atom is 0.212 e. The monoisotopic (exact) mass is 200 g/mol. The number of nitrogens with two attached hydrogens (primary N) is 1. The van der Waals surface area contributed by atoms with Crippen LogP contribution in [0.5, 0.6) is 0 Å². The van der Waals surface area contributed by atoms with Gasteiger partial charge in [0.15, 0.2) is 0 Å². The SMILES string of the molecule is CC(CN=C(N)NO)CN1CCCC1. The third kappa shape index (κ3) is 3.93. The van der Waals surface area contributed by atoms with Crippen LogP contribution in [-0.2, 0) is 0 Å². The number of hydrogen-bond acceptors (Lipinski definition) is 3. The van der Waals surface area contributed by atoms with Gasteiger partial charge in [0, 0.05) is 13.1 Å². The average molecular weight is 200 g/mol. The molecule has 5 heteroatoms. The first-order valence-corrected chi connectivity index (χ1v) is 5.14. The van der Waals surface area contributed by atoms with Gasteiger partial charge in [-0.05, 0) is 31.8 Å². The van der Waals surface area contributed by atoms with Gasteiger partial charge in [-0.2, -0.15) is 0 Å². The van der Waals surface area contributed by atoms with Gasteiger partial charge in [0.2, 0.25) is 5.96 Å². The highest BCUT2D eigenvalue weighted by molar-refractivity contribution is 5.76. The van der Waals surface area contributed by atoms with Gasteiger partial charge in [-0.3, -0.25) is 10.2 Å². The Labute approximate surface area is 84.9 Å². The van der Waals surface area contributed by atoms with E-state index in [9.17, 15) is 0 Å². The van der Waals surface area contributed by atoms with E-state index in [0.717, 1.165) is 6.54 Å². The van der Waals surface area contributed by atoms with Crippen molar-refractivity contribution in [2.45, 2.75) is 19.8 Å². The van der Waals surface area contributed by atoms with Crippen molar-refractivity contribution in [2.24, 2.45) is 16.6 Å². The first-order valence-electron chi connectivity index (χ1n) is 5.14. The molecule has 1 unspecified atom stereocenters. The van der Waals surface area contributed by atoms with Gasteiger partial charge in [0.1, 0.15) is 0 Å². The van der Waals surface area contributed by atoms with Gasteiger partial charge < -0.3 is 10.6 Å². The van der Waals surface area contributed by atoms with Crippen molar-refractivity contribution < 1.29 is 5.21 Å². The highest BCUT2D eigenvalue weighted by Crippen LogP contribution is 2.10. The fourth-order valence-corrected chi connectivity index (χ4v) is 1.75. The average Bonchev–Trinajstić information content (AvgIpc) is 2.66. The van der Waals surface area contributed by atoms with E-state index in [0.29, 0.717) is 12.5 Å². The molecular weight excluding hydrogens is 180 g/mol. The normalized spacial score (nSPS) is 21.1. The summed E-state index contributed by atoms with van der Waals surface area (Å²) in [6.45, 7) is 6.30. The van der Waals surface area contributed by atoms with E-state index in [4.69, 9.17) is 10.9 Å². The van der Waals surface area contributed by atoms with Crippen LogP contribution in [0, 0.1) is 5.92 Å². The molecule has 0 bridgehead atoms. The van der Waals surface area contributed by atoms with Crippen LogP contribution in [0.15, 0.2) is 4.99 Å². The molecule has 0 aromatic heterocycles. The molecule has 14 heavy (non-hydrogen) atoms. The summed E-state index contributed by atoms with van der Waals surface area (Å²) in [5.41, 5.74) is 7.13. The largest absolute Gasteiger partial charge is 0.368 e. The van der Waals surface area contributed by atoms with E-state index in [2.05, 4.69) is 16.8 Å². The highest BCUT2D eigenvalue weighted by atomic mass is 16.5. The summed E-state index contributed by atoms with van der Waals surface area (Å²) in [7, 11) is 0. The molecule has 0 spiro atoms. The number of aliphatic imine (C=N–C) groups is 1. The molecule has 4 N–H and O–H groups in total. The van der Waals surface area contributed by atoms with Gasteiger partial charge in [-0.25, -0.2) is 5.48 Å². The predicted octanol–water partition coefficient (Wildman–Crippen LogP) is 0.0118. The summed E-state index contributed by atoms with van der Waals surface area (Å²) < 4.78 is 0. The fraction of sp³-hybridized carbons (Fsp3) is 0.889. The minimum absolute atomic E-state index is 0.0956. The Morgan fingerprint density at radius 2 is 2.21 bits per heavy atom. The predicted molar refractivity (Wildman–Crippen MR) is 56.2 cm³/mol. The van der Waals surface area contributed by atoms with Gasteiger partial charge in [-0.15, -0.1) is 0 Å². The molecule has 1 rings (SSSR count). The second-order valence-corrected chi connectivity index (χ2v) is 3.95. The molecule has 0 saturated carbocycles. The molecule has 1 fully saturated rings. The molecule has 0 amide bonds. The van der Waals surface area contributed by atoms with E-state index >= 15 is 0 Å². The summed E-state index contributed by atoms with van der Waals surface area (Å²) >= 11 is 0. The van der Waals surface area contributed by atoms with Gasteiger partial charge in [0.05, 0.1) is 0 Å². The molecule has 0 aromatic carbocycles. The van der Waals surface area contributed by atoms with E-state index in [-0.39, 0.29) is 5.96 Å². The third-order valence-corrected chi connectivity index (χ3v) is 2.46. The lowest BCUT2D eigenvalue weighted by atomic mass is 10.2. The summed E-state index contributed by atoms with van der Waals surface area (Å²) in [6.07, 6.45) is 2.63. The molecule has 1 heterocycles. The second-order valence-electron chi connectivity index (χ2n) is 3.95. The Kier molecular flexibility index (Phi) is 4.69. The number of nitrogens with one attached hydrogen (secondary N) is 1. The van der Waals surface area contributed by atoms with Crippen LogP contribution in [-0.4, -0.2) is 42.2 Å². The van der Waals surface area contributed by atoms with Crippen molar-refractivity contribution in [1.29, 1.82) is 0 Å². The first kappa shape index (κ1) is 11.3. The van der Waals surface area contributed by atoms with Crippen LogP contribution < -0.4 is 11.2 Å². The van der Waals surface area contributed by atoms with Crippen molar-refractivity contribution in [3.63, 3.8) is 0 Å². The Morgan fingerprint density at radius 3 is 2.79 bits per heavy atom. The minimum atomic E-state index is 0.0956. The molecule has 5 nitrogen and oxygen atoms in total. The van der Waals surface area contributed by atoms with Crippen molar-refractivity contribution in [3.05, 3.63) is 0 Å². The molecule has 0 aromatic rings. The Balaban J connectivity index is 2.17. The molecule has 0 aliphatic carbocycles. The van der Waals surface area contributed by atoms with Gasteiger partial charge in [-0.1, -0.05) is 6.92 Å². The smallest absolute Gasteiger partial charge is 0.212 e. The lowest BCUT2D eigenvalue weighted by Crippen LogP contribution is -2.31. The number of hydrogen-bond donors (Lipinski definition) is 3. The van der Waals surface area contributed by atoms with Crippen LogP contribution in [0.2, 0.25) is 0 Å². The zero-order valence-corrected chi connectivity index (χ0v) is 8.74. The molecule has 1 aliphatic heterocycles. The quantitative estimate of drug-likeness (QED) is 0.339. The number of hydroxylamine groups is 1. The topological polar surface area (TPSA) is 73.9 Å². The third-order valence-electron chi connectivity index (χ3n) is 2.46. The summed E-state index contributed by atoms with van der Waals surface area (Å²) in [4.78, 5) is 6.44. The van der Waals surface area contributed by atoms with E-state index in [1.54, 1.807) is 0 Å². The molecule has 82 valence electrons. The number of guanidine groups is 1. The van der Waals surface area contributed by atoms with Crippen LogP contribution >= 0.6 is 0 Å². The maximum absolute atomic E-state index is 8.42. The second kappa shape index (κ2) is 5.82. The molecule has 1 atom stereocenters. The molecule has 1 saturated heterocycles. The molecule has 1 aliphatic rings. The Hall–Kier alpha value is -0.810. The van der Waals surface area contributed by atoms with E-state index < -0.39 is 0 Å². The van der Waals surface area contributed by atoms with E-state index in [1.807, 2.05) is 5.48 Å². The lowest BCUT2D eigenvalue weighted by Gasteiger charge is -2.18. The van der Waals surface area contributed by atoms with Crippen molar-refractivity contribution >= 4 is 5.96 Å². The zero-order chi connectivity index (χ0) is 10.4. The fourth-order valence-electron chi connectivity index (χ4n) is 1.75. The minimum Gasteiger partial charge on any atom is -0.368 e. The van der Waals surface area contributed by atoms with Crippen molar-refractivity contribution in [2.75, 3.05) is 26.2 Å². The van der Waals surface area contributed by atoms with Crippen molar-refractivity contribution in [3.8, 4) is 0 Å². The number of rotatable bonds is 4. The van der Waals surface area contributed by atoms with Gasteiger partial charge in [0.25, 0.3) is 0 Å². The number of likely N-dealkylation sites (tertiary alicyclic amines) is 1. The highest BCUT2D eigenvalue weighted by Gasteiger charge is 2.14. The van der Waals surface area contributed by atoms with E-state index in [1.165, 1.54) is 25.9 Å². The Bertz CT molecular complexity index is 189. The number of nitrogens with zero attached hydrogens (tertiary/aromatic N) is 2. The van der Waals surface area contributed by atoms with Crippen LogP contribution in [0.3, 0.4) is 0 Å². The van der Waals surface area contributed by atoms with Gasteiger partial charge >= 0.3 is 0 Å². The Morgan fingerprint density at radius 1 is 1.57 bits per heavy atom. The first-order chi connectivity index (χ1) is 6.72. The molecular formula is C9H20N4O. The standard InChI is InChI=1S/C9H20N4O/c1-8(6-11-9(10)12-14)7-13-4-2-3-5-13/h8,14H,2-7H2,1H3,(H3,10,11,12). The molecule has 0 radical (unpaired) electrons. The summed E-state index contributed by atoms with van der Waals surface area (Å²) in [6, 6.07) is 0. The summed E-state index contributed by atoms with van der Waals surface area (Å²) in [5, 5.41) is 8.42. The zero-order valence-electron chi connectivity index (χ0n) is 8.74.